The Bertz CT molecular complexity index is 988. The third-order valence-electron chi connectivity index (χ3n) is 5.08. The summed E-state index contributed by atoms with van der Waals surface area (Å²) in [7, 11) is 0. The fourth-order valence-electron chi connectivity index (χ4n) is 3.60. The van der Waals surface area contributed by atoms with Crippen molar-refractivity contribution >= 4 is 0 Å². The van der Waals surface area contributed by atoms with E-state index in [4.69, 9.17) is 0 Å². The van der Waals surface area contributed by atoms with Crippen molar-refractivity contribution < 1.29 is 5.11 Å². The molecule has 144 valence electrons. The van der Waals surface area contributed by atoms with E-state index in [1.165, 1.54) is 11.1 Å². The maximum atomic E-state index is 10.7. The summed E-state index contributed by atoms with van der Waals surface area (Å²) in [6, 6.07) is 37.1. The lowest BCUT2D eigenvalue weighted by atomic mass is 10.0. The van der Waals surface area contributed by atoms with Gasteiger partial charge in [0, 0.05) is 25.2 Å². The predicted octanol–water partition coefficient (Wildman–Crippen LogP) is 6.26. The van der Waals surface area contributed by atoms with E-state index in [9.17, 15) is 5.11 Å². The molecule has 0 aliphatic rings. The minimum Gasteiger partial charge on any atom is -0.508 e. The van der Waals surface area contributed by atoms with Crippen LogP contribution in [0.4, 0.5) is 0 Å². The van der Waals surface area contributed by atoms with Crippen molar-refractivity contribution in [2.45, 2.75) is 19.6 Å². The number of phenols is 1. The molecule has 0 atom stereocenters. The topological polar surface area (TPSA) is 23.5 Å². The largest absolute Gasteiger partial charge is 0.508 e. The van der Waals surface area contributed by atoms with Crippen molar-refractivity contribution in [3.05, 3.63) is 126 Å². The molecule has 0 aromatic heterocycles. The molecular formula is C27H25NO. The Balaban J connectivity index is 1.56. The number of hydrogen-bond donors (Lipinski definition) is 1. The van der Waals surface area contributed by atoms with Crippen molar-refractivity contribution in [3.63, 3.8) is 0 Å². The minimum atomic E-state index is 0.345. The van der Waals surface area contributed by atoms with Gasteiger partial charge >= 0.3 is 0 Å². The minimum absolute atomic E-state index is 0.345. The van der Waals surface area contributed by atoms with Crippen molar-refractivity contribution in [1.82, 2.24) is 4.90 Å². The van der Waals surface area contributed by atoms with Crippen LogP contribution in [0.15, 0.2) is 109 Å². The van der Waals surface area contributed by atoms with Gasteiger partial charge < -0.3 is 5.11 Å². The van der Waals surface area contributed by atoms with E-state index in [1.807, 2.05) is 42.5 Å². The van der Waals surface area contributed by atoms with E-state index in [0.717, 1.165) is 29.8 Å². The van der Waals surface area contributed by atoms with Crippen LogP contribution >= 0.6 is 0 Å². The van der Waals surface area contributed by atoms with Gasteiger partial charge in [-0.2, -0.15) is 0 Å². The maximum Gasteiger partial charge on any atom is 0.120 e. The number of nitrogens with zero attached hydrogens (tertiary/aromatic N) is 1. The molecule has 4 aromatic carbocycles. The van der Waals surface area contributed by atoms with Crippen LogP contribution in [0.5, 0.6) is 5.75 Å². The Morgan fingerprint density at radius 2 is 1.03 bits per heavy atom. The zero-order valence-electron chi connectivity index (χ0n) is 16.4. The summed E-state index contributed by atoms with van der Waals surface area (Å²) in [6.07, 6.45) is 0. The first-order valence-corrected chi connectivity index (χ1v) is 9.95. The predicted molar refractivity (Wildman–Crippen MR) is 119 cm³/mol. The molecule has 1 N–H and O–H groups in total. The van der Waals surface area contributed by atoms with Crippen LogP contribution in [0.2, 0.25) is 0 Å². The SMILES string of the molecule is Oc1cc(-c2ccccc2)ccc1CN(Cc1ccccc1)Cc1ccccc1. The highest BCUT2D eigenvalue weighted by Crippen LogP contribution is 2.28. The molecular weight excluding hydrogens is 354 g/mol. The molecule has 2 heteroatoms. The molecule has 0 saturated heterocycles. The van der Waals surface area contributed by atoms with Gasteiger partial charge in [0.05, 0.1) is 0 Å². The summed E-state index contributed by atoms with van der Waals surface area (Å²) in [5, 5.41) is 10.7. The van der Waals surface area contributed by atoms with Gasteiger partial charge in [-0.3, -0.25) is 4.90 Å². The molecule has 0 unspecified atom stereocenters. The Hall–Kier alpha value is -3.36. The normalized spacial score (nSPS) is 10.9. The second kappa shape index (κ2) is 9.22. The van der Waals surface area contributed by atoms with Crippen molar-refractivity contribution in [3.8, 4) is 16.9 Å². The van der Waals surface area contributed by atoms with Gasteiger partial charge in [0.2, 0.25) is 0 Å². The molecule has 0 aliphatic carbocycles. The van der Waals surface area contributed by atoms with Gasteiger partial charge in [-0.05, 0) is 28.3 Å². The number of aromatic hydroxyl groups is 1. The second-order valence-electron chi connectivity index (χ2n) is 7.33. The fourth-order valence-corrected chi connectivity index (χ4v) is 3.60. The van der Waals surface area contributed by atoms with Crippen LogP contribution < -0.4 is 0 Å². The summed E-state index contributed by atoms with van der Waals surface area (Å²) in [5.41, 5.74) is 5.62. The molecule has 0 spiro atoms. The Morgan fingerprint density at radius 1 is 0.517 bits per heavy atom. The lowest BCUT2D eigenvalue weighted by Gasteiger charge is -2.23. The third-order valence-corrected chi connectivity index (χ3v) is 5.08. The Labute approximate surface area is 172 Å². The van der Waals surface area contributed by atoms with Crippen LogP contribution in [0.1, 0.15) is 16.7 Å². The zero-order chi connectivity index (χ0) is 19.9. The van der Waals surface area contributed by atoms with E-state index in [2.05, 4.69) is 71.6 Å². The van der Waals surface area contributed by atoms with E-state index >= 15 is 0 Å². The van der Waals surface area contributed by atoms with Gasteiger partial charge in [0.15, 0.2) is 0 Å². The smallest absolute Gasteiger partial charge is 0.120 e. The molecule has 29 heavy (non-hydrogen) atoms. The molecule has 0 amide bonds. The monoisotopic (exact) mass is 379 g/mol. The third kappa shape index (κ3) is 5.13. The summed E-state index contributed by atoms with van der Waals surface area (Å²) < 4.78 is 0. The summed E-state index contributed by atoms with van der Waals surface area (Å²) in [6.45, 7) is 2.34. The zero-order valence-corrected chi connectivity index (χ0v) is 16.4. The molecule has 4 aromatic rings. The Kier molecular flexibility index (Phi) is 6.04. The first-order valence-electron chi connectivity index (χ1n) is 9.95. The lowest BCUT2D eigenvalue weighted by molar-refractivity contribution is 0.244. The first kappa shape index (κ1) is 19.0. The van der Waals surface area contributed by atoms with Crippen molar-refractivity contribution in [2.24, 2.45) is 0 Å². The highest BCUT2D eigenvalue weighted by Gasteiger charge is 2.12. The van der Waals surface area contributed by atoms with Crippen molar-refractivity contribution in [1.29, 1.82) is 0 Å². The molecule has 0 radical (unpaired) electrons. The Morgan fingerprint density at radius 3 is 1.55 bits per heavy atom. The van der Waals surface area contributed by atoms with E-state index in [1.54, 1.807) is 0 Å². The molecule has 0 bridgehead atoms. The molecule has 0 fully saturated rings. The van der Waals surface area contributed by atoms with Crippen molar-refractivity contribution in [2.75, 3.05) is 0 Å². The molecule has 4 rings (SSSR count). The highest BCUT2D eigenvalue weighted by molar-refractivity contribution is 5.65. The standard InChI is InChI=1S/C27H25NO/c29-27-18-25(24-14-8-3-9-15-24)16-17-26(27)21-28(19-22-10-4-1-5-11-22)20-23-12-6-2-7-13-23/h1-18,29H,19-21H2. The van der Waals surface area contributed by atoms with Crippen LogP contribution in [0.25, 0.3) is 11.1 Å². The van der Waals surface area contributed by atoms with Crippen LogP contribution in [-0.2, 0) is 19.6 Å². The van der Waals surface area contributed by atoms with Gasteiger partial charge in [0.1, 0.15) is 5.75 Å². The molecule has 0 aliphatic heterocycles. The number of phenolic OH excluding ortho intramolecular Hbond substituents is 1. The van der Waals surface area contributed by atoms with E-state index in [0.29, 0.717) is 12.3 Å². The molecule has 0 heterocycles. The molecule has 2 nitrogen and oxygen atoms in total. The highest BCUT2D eigenvalue weighted by atomic mass is 16.3. The second-order valence-corrected chi connectivity index (χ2v) is 7.33. The quantitative estimate of drug-likeness (QED) is 0.409. The average Bonchev–Trinajstić information content (AvgIpc) is 2.77. The fraction of sp³-hybridized carbons (Fsp3) is 0.111. The van der Waals surface area contributed by atoms with E-state index in [-0.39, 0.29) is 0 Å². The first-order chi connectivity index (χ1) is 14.3. The summed E-state index contributed by atoms with van der Waals surface area (Å²) in [4.78, 5) is 2.36. The number of rotatable bonds is 7. The average molecular weight is 380 g/mol. The van der Waals surface area contributed by atoms with Crippen LogP contribution in [0.3, 0.4) is 0 Å². The van der Waals surface area contributed by atoms with Crippen LogP contribution in [0, 0.1) is 0 Å². The van der Waals surface area contributed by atoms with Gasteiger partial charge in [-0.1, -0.05) is 103 Å². The summed E-state index contributed by atoms with van der Waals surface area (Å²) in [5.74, 6) is 0.345. The number of hydrogen-bond acceptors (Lipinski definition) is 2. The van der Waals surface area contributed by atoms with E-state index < -0.39 is 0 Å². The van der Waals surface area contributed by atoms with Gasteiger partial charge in [-0.15, -0.1) is 0 Å². The lowest BCUT2D eigenvalue weighted by Crippen LogP contribution is -2.22. The van der Waals surface area contributed by atoms with Gasteiger partial charge in [0.25, 0.3) is 0 Å². The number of benzene rings is 4. The molecule has 0 saturated carbocycles. The van der Waals surface area contributed by atoms with Crippen LogP contribution in [-0.4, -0.2) is 10.0 Å². The maximum absolute atomic E-state index is 10.7. The van der Waals surface area contributed by atoms with Gasteiger partial charge in [-0.25, -0.2) is 0 Å². The summed E-state index contributed by atoms with van der Waals surface area (Å²) >= 11 is 0.